The summed E-state index contributed by atoms with van der Waals surface area (Å²) >= 11 is 22.4. The van der Waals surface area contributed by atoms with Crippen molar-refractivity contribution in [3.8, 4) is 5.75 Å². The maximum atomic E-state index is 6.56. The third kappa shape index (κ3) is 3.25. The summed E-state index contributed by atoms with van der Waals surface area (Å²) in [6.07, 6.45) is 0. The SMILES string of the molecule is COc1cc(Cl)c(C(Cl)c2ccc(Br)cc2C)cc1Cl. The highest BCUT2D eigenvalue weighted by molar-refractivity contribution is 9.10. The fourth-order valence-electron chi connectivity index (χ4n) is 1.99. The lowest BCUT2D eigenvalue weighted by molar-refractivity contribution is 0.415. The predicted octanol–water partition coefficient (Wildman–Crippen LogP) is 6.40. The van der Waals surface area contributed by atoms with Crippen LogP contribution in [-0.4, -0.2) is 7.11 Å². The second-order valence-corrected chi connectivity index (χ2v) is 6.54. The molecule has 0 amide bonds. The van der Waals surface area contributed by atoms with Gasteiger partial charge in [0.15, 0.2) is 0 Å². The second kappa shape index (κ2) is 6.57. The van der Waals surface area contributed by atoms with Crippen molar-refractivity contribution in [3.05, 3.63) is 61.5 Å². The third-order valence-corrected chi connectivity index (χ3v) is 4.64. The minimum atomic E-state index is -0.362. The molecule has 0 spiro atoms. The molecule has 1 unspecified atom stereocenters. The van der Waals surface area contributed by atoms with Crippen LogP contribution < -0.4 is 4.74 Å². The van der Waals surface area contributed by atoms with Gasteiger partial charge in [-0.25, -0.2) is 0 Å². The Labute approximate surface area is 141 Å². The number of hydrogen-bond acceptors (Lipinski definition) is 1. The van der Waals surface area contributed by atoms with Gasteiger partial charge in [-0.05, 0) is 41.8 Å². The van der Waals surface area contributed by atoms with E-state index in [4.69, 9.17) is 39.5 Å². The molecule has 2 aromatic carbocycles. The number of benzene rings is 2. The number of hydrogen-bond donors (Lipinski definition) is 0. The minimum absolute atomic E-state index is 0.362. The Morgan fingerprint density at radius 1 is 1.05 bits per heavy atom. The van der Waals surface area contributed by atoms with Crippen LogP contribution >= 0.6 is 50.7 Å². The molecule has 20 heavy (non-hydrogen) atoms. The number of methoxy groups -OCH3 is 1. The van der Waals surface area contributed by atoms with Crippen LogP contribution in [0.2, 0.25) is 10.0 Å². The van der Waals surface area contributed by atoms with E-state index >= 15 is 0 Å². The molecule has 2 rings (SSSR count). The first kappa shape index (κ1) is 16.0. The molecule has 106 valence electrons. The van der Waals surface area contributed by atoms with Gasteiger partial charge in [-0.3, -0.25) is 0 Å². The lowest BCUT2D eigenvalue weighted by atomic mass is 10.00. The Bertz CT molecular complexity index is 643. The zero-order chi connectivity index (χ0) is 14.9. The maximum Gasteiger partial charge on any atom is 0.138 e. The van der Waals surface area contributed by atoms with Gasteiger partial charge in [0, 0.05) is 15.6 Å². The monoisotopic (exact) mass is 392 g/mol. The van der Waals surface area contributed by atoms with Gasteiger partial charge >= 0.3 is 0 Å². The first-order chi connectivity index (χ1) is 9.43. The van der Waals surface area contributed by atoms with E-state index in [2.05, 4.69) is 15.9 Å². The van der Waals surface area contributed by atoms with Crippen molar-refractivity contribution in [2.24, 2.45) is 0 Å². The maximum absolute atomic E-state index is 6.56. The standard InChI is InChI=1S/C15H12BrCl3O/c1-8-5-9(16)3-4-10(8)15(19)11-6-13(18)14(20-2)7-12(11)17/h3-7,15H,1-2H3. The first-order valence-corrected chi connectivity index (χ1v) is 7.85. The minimum Gasteiger partial charge on any atom is -0.495 e. The first-order valence-electron chi connectivity index (χ1n) is 5.87. The molecule has 0 fully saturated rings. The van der Waals surface area contributed by atoms with E-state index in [1.165, 1.54) is 0 Å². The molecule has 0 N–H and O–H groups in total. The van der Waals surface area contributed by atoms with Crippen LogP contribution in [0.4, 0.5) is 0 Å². The molecular formula is C15H12BrCl3O. The lowest BCUT2D eigenvalue weighted by Gasteiger charge is -2.16. The molecule has 0 aliphatic rings. The normalized spacial score (nSPS) is 12.3. The molecule has 0 radical (unpaired) electrons. The van der Waals surface area contributed by atoms with Crippen LogP contribution in [0.15, 0.2) is 34.8 Å². The zero-order valence-corrected chi connectivity index (χ0v) is 14.7. The van der Waals surface area contributed by atoms with E-state index in [9.17, 15) is 0 Å². The predicted molar refractivity (Wildman–Crippen MR) is 89.6 cm³/mol. The molecule has 0 heterocycles. The Hall–Kier alpha value is -0.410. The highest BCUT2D eigenvalue weighted by Gasteiger charge is 2.18. The van der Waals surface area contributed by atoms with E-state index < -0.39 is 0 Å². The number of halogens is 4. The number of aryl methyl sites for hydroxylation is 1. The van der Waals surface area contributed by atoms with Crippen LogP contribution in [0.1, 0.15) is 22.1 Å². The van der Waals surface area contributed by atoms with Crippen LogP contribution in [0.3, 0.4) is 0 Å². The van der Waals surface area contributed by atoms with Gasteiger partial charge in [0.2, 0.25) is 0 Å². The zero-order valence-electron chi connectivity index (χ0n) is 10.9. The highest BCUT2D eigenvalue weighted by atomic mass is 79.9. The fourth-order valence-corrected chi connectivity index (χ4v) is 3.45. The molecule has 0 saturated carbocycles. The van der Waals surface area contributed by atoms with E-state index in [1.807, 2.05) is 25.1 Å². The van der Waals surface area contributed by atoms with E-state index in [1.54, 1.807) is 19.2 Å². The quantitative estimate of drug-likeness (QED) is 0.547. The Kier molecular flexibility index (Phi) is 5.25. The summed E-state index contributed by atoms with van der Waals surface area (Å²) < 4.78 is 6.16. The van der Waals surface area contributed by atoms with Gasteiger partial charge in [-0.1, -0.05) is 45.2 Å². The van der Waals surface area contributed by atoms with Crippen molar-refractivity contribution < 1.29 is 4.74 Å². The Balaban J connectivity index is 2.48. The summed E-state index contributed by atoms with van der Waals surface area (Å²) in [6.45, 7) is 2.01. The number of rotatable bonds is 3. The molecule has 2 aromatic rings. The van der Waals surface area contributed by atoms with Gasteiger partial charge in [0.05, 0.1) is 17.5 Å². The van der Waals surface area contributed by atoms with Crippen LogP contribution in [-0.2, 0) is 0 Å². The van der Waals surface area contributed by atoms with Crippen LogP contribution in [0.5, 0.6) is 5.75 Å². The molecule has 5 heteroatoms. The molecule has 1 nitrogen and oxygen atoms in total. The highest BCUT2D eigenvalue weighted by Crippen LogP contribution is 2.40. The summed E-state index contributed by atoms with van der Waals surface area (Å²) in [5, 5.41) is 0.667. The van der Waals surface area contributed by atoms with Gasteiger partial charge < -0.3 is 4.74 Å². The summed E-state index contributed by atoms with van der Waals surface area (Å²) in [5.41, 5.74) is 2.85. The molecular weight excluding hydrogens is 382 g/mol. The van der Waals surface area contributed by atoms with Crippen LogP contribution in [0.25, 0.3) is 0 Å². The van der Waals surface area contributed by atoms with Gasteiger partial charge in [0.1, 0.15) is 5.75 Å². The molecule has 1 atom stereocenters. The summed E-state index contributed by atoms with van der Waals surface area (Å²) in [6, 6.07) is 9.39. The van der Waals surface area contributed by atoms with E-state index in [0.717, 1.165) is 21.2 Å². The smallest absolute Gasteiger partial charge is 0.138 e. The largest absolute Gasteiger partial charge is 0.495 e. The molecule has 0 bridgehead atoms. The van der Waals surface area contributed by atoms with Gasteiger partial charge in [-0.15, -0.1) is 11.6 Å². The number of alkyl halides is 1. The summed E-state index contributed by atoms with van der Waals surface area (Å²) in [5.74, 6) is 0.539. The average Bonchev–Trinajstić information content (AvgIpc) is 2.40. The summed E-state index contributed by atoms with van der Waals surface area (Å²) in [7, 11) is 1.55. The van der Waals surface area contributed by atoms with Crippen LogP contribution in [0, 0.1) is 6.92 Å². The molecule has 0 aliphatic heterocycles. The van der Waals surface area contributed by atoms with Crippen molar-refractivity contribution in [3.63, 3.8) is 0 Å². The fraction of sp³-hybridized carbons (Fsp3) is 0.200. The molecule has 0 aromatic heterocycles. The topological polar surface area (TPSA) is 9.23 Å². The molecule has 0 aliphatic carbocycles. The average molecular weight is 395 g/mol. The van der Waals surface area contributed by atoms with E-state index in [0.29, 0.717) is 15.8 Å². The van der Waals surface area contributed by atoms with Crippen molar-refractivity contribution in [2.75, 3.05) is 7.11 Å². The van der Waals surface area contributed by atoms with Crippen molar-refractivity contribution in [1.82, 2.24) is 0 Å². The Morgan fingerprint density at radius 2 is 1.75 bits per heavy atom. The second-order valence-electron chi connectivity index (χ2n) is 4.37. The third-order valence-electron chi connectivity index (χ3n) is 3.05. The van der Waals surface area contributed by atoms with E-state index in [-0.39, 0.29) is 5.38 Å². The van der Waals surface area contributed by atoms with Crippen molar-refractivity contribution in [2.45, 2.75) is 12.3 Å². The molecule has 0 saturated heterocycles. The van der Waals surface area contributed by atoms with Crippen molar-refractivity contribution in [1.29, 1.82) is 0 Å². The Morgan fingerprint density at radius 3 is 2.35 bits per heavy atom. The number of ether oxygens (including phenoxy) is 1. The van der Waals surface area contributed by atoms with Gasteiger partial charge in [0.25, 0.3) is 0 Å². The summed E-state index contributed by atoms with van der Waals surface area (Å²) in [4.78, 5) is 0. The lowest BCUT2D eigenvalue weighted by Crippen LogP contribution is -1.98. The van der Waals surface area contributed by atoms with Crippen molar-refractivity contribution >= 4 is 50.7 Å². The van der Waals surface area contributed by atoms with Gasteiger partial charge in [-0.2, -0.15) is 0 Å².